The van der Waals surface area contributed by atoms with E-state index >= 15 is 0 Å². The number of hydrogen-bond acceptors (Lipinski definition) is 6. The first-order chi connectivity index (χ1) is 16.9. The lowest BCUT2D eigenvalue weighted by Crippen LogP contribution is -2.53. The number of hydrogen-bond donors (Lipinski definition) is 3. The molecule has 3 N–H and O–H groups in total. The Labute approximate surface area is 203 Å². The van der Waals surface area contributed by atoms with Crippen LogP contribution in [0.1, 0.15) is 36.3 Å². The van der Waals surface area contributed by atoms with Crippen molar-refractivity contribution in [2.24, 2.45) is 0 Å². The van der Waals surface area contributed by atoms with Crippen molar-refractivity contribution >= 4 is 18.0 Å². The molecule has 4 rings (SSSR count). The molecule has 35 heavy (non-hydrogen) atoms. The number of carbonyl (C=O) groups is 3. The van der Waals surface area contributed by atoms with Gasteiger partial charge in [-0.3, -0.25) is 9.59 Å². The molecule has 2 aromatic rings. The van der Waals surface area contributed by atoms with Crippen molar-refractivity contribution in [2.45, 2.75) is 36.8 Å². The molecule has 2 aromatic carbocycles. The van der Waals surface area contributed by atoms with E-state index in [1.54, 1.807) is 7.11 Å². The number of aliphatic carboxylic acids is 1. The Bertz CT molecular complexity index is 1040. The number of methoxy groups -OCH3 is 1. The monoisotopic (exact) mass is 482 g/mol. The number of carbonyl (C=O) groups excluding carboxylic acids is 2. The van der Waals surface area contributed by atoms with Crippen LogP contribution in [0.15, 0.2) is 48.5 Å². The Morgan fingerprint density at radius 2 is 1.77 bits per heavy atom. The highest BCUT2D eigenvalue weighted by molar-refractivity contribution is 5.89. The standard InChI is InChI=1S/C26H30N2O7/c1-33-16-26(11-6-12-35-26)15-27-24(31)22(13-23(29)30)28-25(32)34-14-21-19-9-4-2-7-17(19)18-8-3-5-10-20(18)21/h2-5,7-10,21-22H,6,11-16H2,1H3,(H,27,31)(H,28,32)(H,29,30). The summed E-state index contributed by atoms with van der Waals surface area (Å²) in [4.78, 5) is 36.7. The molecule has 1 fully saturated rings. The molecule has 186 valence electrons. The number of carboxylic acid groups (broad SMARTS) is 1. The average Bonchev–Trinajstić information content (AvgIpc) is 3.44. The van der Waals surface area contributed by atoms with Crippen LogP contribution in [-0.4, -0.2) is 68.2 Å². The third-order valence-electron chi connectivity index (χ3n) is 6.51. The van der Waals surface area contributed by atoms with Gasteiger partial charge in [0.15, 0.2) is 0 Å². The Morgan fingerprint density at radius 3 is 2.34 bits per heavy atom. The van der Waals surface area contributed by atoms with Crippen molar-refractivity contribution in [2.75, 3.05) is 33.5 Å². The lowest BCUT2D eigenvalue weighted by molar-refractivity contribution is -0.140. The number of nitrogens with one attached hydrogen (secondary N) is 2. The summed E-state index contributed by atoms with van der Waals surface area (Å²) in [5.41, 5.74) is 3.66. The molecule has 2 aliphatic rings. The summed E-state index contributed by atoms with van der Waals surface area (Å²) in [6, 6.07) is 14.6. The van der Waals surface area contributed by atoms with Gasteiger partial charge in [-0.15, -0.1) is 0 Å². The van der Waals surface area contributed by atoms with Gasteiger partial charge >= 0.3 is 12.1 Å². The number of ether oxygens (including phenoxy) is 3. The molecule has 1 aliphatic heterocycles. The quantitative estimate of drug-likeness (QED) is 0.476. The van der Waals surface area contributed by atoms with E-state index in [2.05, 4.69) is 10.6 Å². The molecule has 1 saturated heterocycles. The fourth-order valence-corrected chi connectivity index (χ4v) is 4.86. The van der Waals surface area contributed by atoms with Gasteiger partial charge < -0.3 is 30.0 Å². The summed E-state index contributed by atoms with van der Waals surface area (Å²) >= 11 is 0. The Hall–Kier alpha value is -3.43. The maximum atomic E-state index is 12.8. The van der Waals surface area contributed by atoms with Crippen LogP contribution in [0.3, 0.4) is 0 Å². The zero-order valence-corrected chi connectivity index (χ0v) is 19.6. The van der Waals surface area contributed by atoms with Crippen molar-refractivity contribution in [1.29, 1.82) is 0 Å². The van der Waals surface area contributed by atoms with Crippen molar-refractivity contribution in [3.63, 3.8) is 0 Å². The molecule has 0 aromatic heterocycles. The molecule has 0 saturated carbocycles. The van der Waals surface area contributed by atoms with Crippen LogP contribution in [0.2, 0.25) is 0 Å². The Kier molecular flexibility index (Phi) is 7.67. The molecule has 0 bridgehead atoms. The van der Waals surface area contributed by atoms with Crippen molar-refractivity contribution in [1.82, 2.24) is 10.6 Å². The zero-order valence-electron chi connectivity index (χ0n) is 19.6. The largest absolute Gasteiger partial charge is 0.481 e. The molecule has 9 nitrogen and oxygen atoms in total. The van der Waals surface area contributed by atoms with Gasteiger partial charge in [0.25, 0.3) is 0 Å². The van der Waals surface area contributed by atoms with E-state index in [-0.39, 0.29) is 19.1 Å². The smallest absolute Gasteiger partial charge is 0.407 e. The van der Waals surface area contributed by atoms with E-state index in [0.29, 0.717) is 19.6 Å². The normalized spacial score (nSPS) is 19.5. The van der Waals surface area contributed by atoms with Crippen LogP contribution in [0.25, 0.3) is 11.1 Å². The average molecular weight is 483 g/mol. The molecule has 9 heteroatoms. The lowest BCUT2D eigenvalue weighted by Gasteiger charge is -2.28. The molecule has 2 unspecified atom stereocenters. The van der Waals surface area contributed by atoms with E-state index in [0.717, 1.165) is 28.7 Å². The van der Waals surface area contributed by atoms with E-state index < -0.39 is 36.0 Å². The summed E-state index contributed by atoms with van der Waals surface area (Å²) in [6.45, 7) is 1.08. The second-order valence-corrected chi connectivity index (χ2v) is 8.91. The van der Waals surface area contributed by atoms with Crippen molar-refractivity contribution in [3.05, 3.63) is 59.7 Å². The second kappa shape index (κ2) is 10.9. The van der Waals surface area contributed by atoms with Gasteiger partial charge in [-0.1, -0.05) is 48.5 Å². The first-order valence-corrected chi connectivity index (χ1v) is 11.7. The molecular weight excluding hydrogens is 452 g/mol. The fraction of sp³-hybridized carbons (Fsp3) is 0.423. The number of benzene rings is 2. The summed E-state index contributed by atoms with van der Waals surface area (Å²) in [5, 5.41) is 14.4. The van der Waals surface area contributed by atoms with Gasteiger partial charge in [-0.2, -0.15) is 0 Å². The fourth-order valence-electron chi connectivity index (χ4n) is 4.86. The summed E-state index contributed by atoms with van der Waals surface area (Å²) < 4.78 is 16.5. The number of amides is 2. The zero-order chi connectivity index (χ0) is 24.8. The van der Waals surface area contributed by atoms with Crippen LogP contribution in [0, 0.1) is 0 Å². The minimum Gasteiger partial charge on any atom is -0.481 e. The van der Waals surface area contributed by atoms with E-state index in [9.17, 15) is 19.5 Å². The highest BCUT2D eigenvalue weighted by Gasteiger charge is 2.37. The van der Waals surface area contributed by atoms with E-state index in [4.69, 9.17) is 14.2 Å². The summed E-state index contributed by atoms with van der Waals surface area (Å²) in [5.74, 6) is -1.98. The van der Waals surface area contributed by atoms with Gasteiger partial charge in [0.1, 0.15) is 18.2 Å². The van der Waals surface area contributed by atoms with Crippen molar-refractivity contribution in [3.8, 4) is 11.1 Å². The van der Waals surface area contributed by atoms with Gasteiger partial charge in [0.2, 0.25) is 5.91 Å². The minimum atomic E-state index is -1.29. The maximum absolute atomic E-state index is 12.8. The SMILES string of the molecule is COCC1(CNC(=O)C(CC(=O)O)NC(=O)OCC2c3ccccc3-c3ccccc32)CCCO1. The molecule has 1 aliphatic carbocycles. The molecule has 0 spiro atoms. The summed E-state index contributed by atoms with van der Waals surface area (Å²) in [6.07, 6.45) is 0.131. The first kappa shape index (κ1) is 24.7. The lowest BCUT2D eigenvalue weighted by atomic mass is 9.98. The number of alkyl carbamates (subject to hydrolysis) is 1. The molecule has 0 radical (unpaired) electrons. The van der Waals surface area contributed by atoms with Crippen LogP contribution in [0.4, 0.5) is 4.79 Å². The van der Waals surface area contributed by atoms with Crippen molar-refractivity contribution < 1.29 is 33.7 Å². The predicted molar refractivity (Wildman–Crippen MR) is 127 cm³/mol. The molecule has 1 heterocycles. The number of fused-ring (bicyclic) bond motifs is 3. The predicted octanol–water partition coefficient (Wildman–Crippen LogP) is 2.68. The first-order valence-electron chi connectivity index (χ1n) is 11.7. The third-order valence-corrected chi connectivity index (χ3v) is 6.51. The maximum Gasteiger partial charge on any atom is 0.407 e. The van der Waals surface area contributed by atoms with Crippen LogP contribution < -0.4 is 10.6 Å². The highest BCUT2D eigenvalue weighted by atomic mass is 16.6. The highest BCUT2D eigenvalue weighted by Crippen LogP contribution is 2.44. The molecule has 2 amide bonds. The van der Waals surface area contributed by atoms with Crippen LogP contribution in [-0.2, 0) is 23.8 Å². The number of carboxylic acids is 1. The second-order valence-electron chi connectivity index (χ2n) is 8.91. The minimum absolute atomic E-state index is 0.0616. The Morgan fingerprint density at radius 1 is 1.11 bits per heavy atom. The van der Waals surface area contributed by atoms with Gasteiger partial charge in [0.05, 0.1) is 13.0 Å². The Balaban J connectivity index is 1.37. The number of rotatable bonds is 10. The molecule has 2 atom stereocenters. The summed E-state index contributed by atoms with van der Waals surface area (Å²) in [7, 11) is 1.55. The van der Waals surface area contributed by atoms with Gasteiger partial charge in [0, 0.05) is 26.2 Å². The van der Waals surface area contributed by atoms with E-state index in [1.807, 2.05) is 48.5 Å². The van der Waals surface area contributed by atoms with Crippen LogP contribution in [0.5, 0.6) is 0 Å². The molecular formula is C26H30N2O7. The van der Waals surface area contributed by atoms with Gasteiger partial charge in [-0.05, 0) is 35.1 Å². The van der Waals surface area contributed by atoms with Crippen LogP contribution >= 0.6 is 0 Å². The third kappa shape index (κ3) is 5.63. The van der Waals surface area contributed by atoms with E-state index in [1.165, 1.54) is 0 Å². The topological polar surface area (TPSA) is 123 Å². The van der Waals surface area contributed by atoms with Gasteiger partial charge in [-0.25, -0.2) is 4.79 Å².